The summed E-state index contributed by atoms with van der Waals surface area (Å²) in [5, 5.41) is 0. The molecule has 0 spiro atoms. The van der Waals surface area contributed by atoms with Gasteiger partial charge in [0.25, 0.3) is 15.9 Å². The van der Waals surface area contributed by atoms with Crippen molar-refractivity contribution in [1.82, 2.24) is 4.90 Å². The summed E-state index contributed by atoms with van der Waals surface area (Å²) >= 11 is 0. The van der Waals surface area contributed by atoms with Crippen molar-refractivity contribution >= 4 is 21.6 Å². The summed E-state index contributed by atoms with van der Waals surface area (Å²) in [6.45, 7) is 3.64. The molecule has 1 aliphatic rings. The van der Waals surface area contributed by atoms with Crippen molar-refractivity contribution in [2.75, 3.05) is 17.8 Å². The van der Waals surface area contributed by atoms with Crippen LogP contribution in [0.5, 0.6) is 0 Å². The molecule has 3 rings (SSSR count). The highest BCUT2D eigenvalue weighted by molar-refractivity contribution is 7.92. The lowest BCUT2D eigenvalue weighted by Gasteiger charge is -2.31. The Labute approximate surface area is 148 Å². The molecule has 2 aromatic carbocycles. The van der Waals surface area contributed by atoms with Crippen LogP contribution >= 0.6 is 0 Å². The molecule has 25 heavy (non-hydrogen) atoms. The number of rotatable bonds is 4. The summed E-state index contributed by atoms with van der Waals surface area (Å²) < 4.78 is 27.4. The Hall–Kier alpha value is -2.34. The average molecular weight is 358 g/mol. The SMILES string of the molecule is C[C@H]1CCCN(C(=O)c2cccc(NS(=O)(=O)c3ccccc3)c2)C1. The zero-order valence-corrected chi connectivity index (χ0v) is 15.0. The molecule has 1 atom stereocenters. The molecule has 1 heterocycles. The third-order valence-electron chi connectivity index (χ3n) is 4.36. The predicted octanol–water partition coefficient (Wildman–Crippen LogP) is 3.36. The van der Waals surface area contributed by atoms with Crippen LogP contribution in [0.4, 0.5) is 5.69 Å². The van der Waals surface area contributed by atoms with Gasteiger partial charge in [0, 0.05) is 24.3 Å². The normalized spacial score (nSPS) is 18.0. The maximum atomic E-state index is 12.7. The van der Waals surface area contributed by atoms with E-state index in [0.717, 1.165) is 25.9 Å². The number of piperidine rings is 1. The topological polar surface area (TPSA) is 66.5 Å². The van der Waals surface area contributed by atoms with Gasteiger partial charge < -0.3 is 4.90 Å². The predicted molar refractivity (Wildman–Crippen MR) is 98.0 cm³/mol. The molecular formula is C19H22N2O3S. The Morgan fingerprint density at radius 3 is 2.60 bits per heavy atom. The molecule has 1 amide bonds. The minimum atomic E-state index is -3.66. The van der Waals surface area contributed by atoms with Gasteiger partial charge in [-0.15, -0.1) is 0 Å². The van der Waals surface area contributed by atoms with Crippen LogP contribution < -0.4 is 4.72 Å². The van der Waals surface area contributed by atoms with Crippen molar-refractivity contribution in [2.24, 2.45) is 5.92 Å². The Bertz CT molecular complexity index is 850. The van der Waals surface area contributed by atoms with Crippen LogP contribution in [0.3, 0.4) is 0 Å². The van der Waals surface area contributed by atoms with Gasteiger partial charge in [0.15, 0.2) is 0 Å². The molecule has 1 saturated heterocycles. The number of hydrogen-bond donors (Lipinski definition) is 1. The van der Waals surface area contributed by atoms with E-state index in [1.54, 1.807) is 42.5 Å². The van der Waals surface area contributed by atoms with Crippen LogP contribution in [0.15, 0.2) is 59.5 Å². The lowest BCUT2D eigenvalue weighted by Crippen LogP contribution is -2.39. The van der Waals surface area contributed by atoms with Crippen molar-refractivity contribution in [3.05, 3.63) is 60.2 Å². The van der Waals surface area contributed by atoms with Gasteiger partial charge in [-0.1, -0.05) is 31.2 Å². The third-order valence-corrected chi connectivity index (χ3v) is 5.76. The van der Waals surface area contributed by atoms with E-state index in [0.29, 0.717) is 17.2 Å². The monoisotopic (exact) mass is 358 g/mol. The fraction of sp³-hybridized carbons (Fsp3) is 0.316. The van der Waals surface area contributed by atoms with E-state index in [4.69, 9.17) is 0 Å². The smallest absolute Gasteiger partial charge is 0.261 e. The summed E-state index contributed by atoms with van der Waals surface area (Å²) in [5.41, 5.74) is 0.891. The molecule has 132 valence electrons. The molecule has 0 unspecified atom stereocenters. The average Bonchev–Trinajstić information content (AvgIpc) is 2.62. The van der Waals surface area contributed by atoms with Crippen LogP contribution in [-0.2, 0) is 10.0 Å². The first kappa shape index (κ1) is 17.5. The van der Waals surface area contributed by atoms with Gasteiger partial charge in [-0.05, 0) is 49.1 Å². The summed E-state index contributed by atoms with van der Waals surface area (Å²) in [6.07, 6.45) is 2.15. The third kappa shape index (κ3) is 4.20. The summed E-state index contributed by atoms with van der Waals surface area (Å²) in [4.78, 5) is 14.7. The van der Waals surface area contributed by atoms with Gasteiger partial charge in [0.05, 0.1) is 4.90 Å². The number of benzene rings is 2. The maximum Gasteiger partial charge on any atom is 0.261 e. The Kier molecular flexibility index (Phi) is 5.08. The molecule has 1 aliphatic heterocycles. The van der Waals surface area contributed by atoms with Gasteiger partial charge in [-0.2, -0.15) is 0 Å². The number of likely N-dealkylation sites (tertiary alicyclic amines) is 1. The first-order valence-corrected chi connectivity index (χ1v) is 9.91. The van der Waals surface area contributed by atoms with E-state index >= 15 is 0 Å². The molecule has 5 nitrogen and oxygen atoms in total. The van der Waals surface area contributed by atoms with Crippen molar-refractivity contribution in [1.29, 1.82) is 0 Å². The Morgan fingerprint density at radius 1 is 1.12 bits per heavy atom. The zero-order valence-electron chi connectivity index (χ0n) is 14.2. The van der Waals surface area contributed by atoms with Gasteiger partial charge in [-0.25, -0.2) is 8.42 Å². The molecular weight excluding hydrogens is 336 g/mol. The van der Waals surface area contributed by atoms with Crippen molar-refractivity contribution < 1.29 is 13.2 Å². The fourth-order valence-corrected chi connectivity index (χ4v) is 4.16. The van der Waals surface area contributed by atoms with Gasteiger partial charge >= 0.3 is 0 Å². The molecule has 6 heteroatoms. The van der Waals surface area contributed by atoms with E-state index < -0.39 is 10.0 Å². The van der Waals surface area contributed by atoms with E-state index in [-0.39, 0.29) is 10.8 Å². The molecule has 0 aliphatic carbocycles. The molecule has 2 aromatic rings. The molecule has 0 bridgehead atoms. The minimum absolute atomic E-state index is 0.0488. The van der Waals surface area contributed by atoms with Crippen LogP contribution in [-0.4, -0.2) is 32.3 Å². The first-order chi connectivity index (χ1) is 12.0. The van der Waals surface area contributed by atoms with E-state index in [2.05, 4.69) is 11.6 Å². The van der Waals surface area contributed by atoms with Gasteiger partial charge in [0.2, 0.25) is 0 Å². The Morgan fingerprint density at radius 2 is 1.88 bits per heavy atom. The number of amides is 1. The fourth-order valence-electron chi connectivity index (χ4n) is 3.09. The second kappa shape index (κ2) is 7.27. The Balaban J connectivity index is 1.79. The number of nitrogens with one attached hydrogen (secondary N) is 1. The summed E-state index contributed by atoms with van der Waals surface area (Å²) in [7, 11) is -3.66. The zero-order chi connectivity index (χ0) is 17.9. The van der Waals surface area contributed by atoms with Gasteiger partial charge in [0.1, 0.15) is 0 Å². The van der Waals surface area contributed by atoms with Crippen LogP contribution in [0.2, 0.25) is 0 Å². The van der Waals surface area contributed by atoms with E-state index in [1.165, 1.54) is 12.1 Å². The molecule has 0 radical (unpaired) electrons. The highest BCUT2D eigenvalue weighted by Gasteiger charge is 2.22. The summed E-state index contributed by atoms with van der Waals surface area (Å²) in [6, 6.07) is 14.8. The second-order valence-corrected chi connectivity index (χ2v) is 8.18. The quantitative estimate of drug-likeness (QED) is 0.911. The highest BCUT2D eigenvalue weighted by atomic mass is 32.2. The molecule has 1 N–H and O–H groups in total. The minimum Gasteiger partial charge on any atom is -0.338 e. The number of anilines is 1. The largest absolute Gasteiger partial charge is 0.338 e. The van der Waals surface area contributed by atoms with E-state index in [9.17, 15) is 13.2 Å². The molecule has 0 aromatic heterocycles. The first-order valence-electron chi connectivity index (χ1n) is 8.43. The highest BCUT2D eigenvalue weighted by Crippen LogP contribution is 2.21. The van der Waals surface area contributed by atoms with Crippen molar-refractivity contribution in [3.63, 3.8) is 0 Å². The number of hydrogen-bond acceptors (Lipinski definition) is 3. The van der Waals surface area contributed by atoms with Crippen molar-refractivity contribution in [2.45, 2.75) is 24.7 Å². The van der Waals surface area contributed by atoms with Crippen LogP contribution in [0.25, 0.3) is 0 Å². The van der Waals surface area contributed by atoms with Gasteiger partial charge in [-0.3, -0.25) is 9.52 Å². The summed E-state index contributed by atoms with van der Waals surface area (Å²) in [5.74, 6) is 0.449. The number of sulfonamides is 1. The number of carbonyl (C=O) groups is 1. The van der Waals surface area contributed by atoms with Crippen LogP contribution in [0.1, 0.15) is 30.1 Å². The maximum absolute atomic E-state index is 12.7. The standard InChI is InChI=1S/C19H22N2O3S/c1-15-7-6-12-21(14-15)19(22)16-8-5-9-17(13-16)20-25(23,24)18-10-3-2-4-11-18/h2-5,8-11,13,15,20H,6-7,12,14H2,1H3/t15-/m0/s1. The second-order valence-electron chi connectivity index (χ2n) is 6.50. The number of carbonyl (C=O) groups excluding carboxylic acids is 1. The molecule has 1 fully saturated rings. The van der Waals surface area contributed by atoms with E-state index in [1.807, 2.05) is 4.90 Å². The number of nitrogens with zero attached hydrogens (tertiary/aromatic N) is 1. The van der Waals surface area contributed by atoms with Crippen LogP contribution in [0, 0.1) is 5.92 Å². The van der Waals surface area contributed by atoms with Crippen molar-refractivity contribution in [3.8, 4) is 0 Å². The lowest BCUT2D eigenvalue weighted by molar-refractivity contribution is 0.0683. The lowest BCUT2D eigenvalue weighted by atomic mass is 9.99. The molecule has 0 saturated carbocycles.